The maximum atomic E-state index is 12.1. The van der Waals surface area contributed by atoms with Crippen LogP contribution in [-0.4, -0.2) is 142 Å². The predicted molar refractivity (Wildman–Crippen MR) is 219 cm³/mol. The molecule has 0 aromatic carbocycles. The maximum absolute atomic E-state index is 12.1. The van der Waals surface area contributed by atoms with Crippen molar-refractivity contribution >= 4 is 5.97 Å². The van der Waals surface area contributed by atoms with Gasteiger partial charge in [0.15, 0.2) is 12.6 Å². The van der Waals surface area contributed by atoms with Crippen LogP contribution in [0.1, 0.15) is 97.3 Å². The summed E-state index contributed by atoms with van der Waals surface area (Å²) in [4.78, 5) is 12.1. The third-order valence-corrected chi connectivity index (χ3v) is 9.53. The van der Waals surface area contributed by atoms with Gasteiger partial charge in [-0.2, -0.15) is 0 Å². The van der Waals surface area contributed by atoms with Crippen LogP contribution in [0.4, 0.5) is 0 Å². The highest BCUT2D eigenvalue weighted by molar-refractivity contribution is 5.69. The van der Waals surface area contributed by atoms with E-state index >= 15 is 0 Å². The summed E-state index contributed by atoms with van der Waals surface area (Å²) in [5.74, 6) is -0.476. The Morgan fingerprint density at radius 1 is 0.569 bits per heavy atom. The molecule has 0 radical (unpaired) electrons. The molecule has 332 valence electrons. The van der Waals surface area contributed by atoms with Crippen molar-refractivity contribution in [1.82, 2.24) is 0 Å². The number of hydrogen-bond acceptors (Lipinski definition) is 14. The topological polar surface area (TPSA) is 214 Å². The number of allylic oxidation sites excluding steroid dienone is 12. The van der Waals surface area contributed by atoms with Crippen LogP contribution in [0.2, 0.25) is 0 Å². The molecular weight excluding hydrogens is 752 g/mol. The first kappa shape index (κ1) is 51.6. The van der Waals surface area contributed by atoms with Crippen molar-refractivity contribution in [3.8, 4) is 0 Å². The zero-order chi connectivity index (χ0) is 42.4. The SMILES string of the molecule is CC/C=C\C/C=C\C/C=C\C/C=C\C/C=C\C/C=C\CCCCCCCOCC(COC1OC(COC2OC(CO)C(O)C(O)C2O)C(O)C(O)C1O)OC(=O)CC. The van der Waals surface area contributed by atoms with Gasteiger partial charge in [0.1, 0.15) is 54.9 Å². The van der Waals surface area contributed by atoms with E-state index in [9.17, 15) is 40.5 Å². The smallest absolute Gasteiger partial charge is 0.305 e. The first-order valence-electron chi connectivity index (χ1n) is 21.0. The molecule has 2 fully saturated rings. The monoisotopic (exact) mass is 824 g/mol. The summed E-state index contributed by atoms with van der Waals surface area (Å²) >= 11 is 0. The number of rotatable bonds is 30. The minimum absolute atomic E-state index is 0.0338. The molecule has 2 saturated heterocycles. The minimum atomic E-state index is -1.71. The van der Waals surface area contributed by atoms with Gasteiger partial charge in [-0.1, -0.05) is 106 Å². The second kappa shape index (κ2) is 32.2. The lowest BCUT2D eigenvalue weighted by Crippen LogP contribution is -2.61. The number of carbonyl (C=O) groups is 1. The van der Waals surface area contributed by atoms with Gasteiger partial charge in [0.25, 0.3) is 0 Å². The second-order valence-electron chi connectivity index (χ2n) is 14.4. The average Bonchev–Trinajstić information content (AvgIpc) is 3.22. The Morgan fingerprint density at radius 2 is 1.05 bits per heavy atom. The number of hydrogen-bond donors (Lipinski definition) is 7. The van der Waals surface area contributed by atoms with Crippen LogP contribution in [0.25, 0.3) is 0 Å². The fraction of sp³-hybridized carbons (Fsp3) is 0.705. The van der Waals surface area contributed by atoms with E-state index in [1.165, 1.54) is 0 Å². The van der Waals surface area contributed by atoms with Gasteiger partial charge in [-0.15, -0.1) is 0 Å². The molecule has 11 unspecified atom stereocenters. The fourth-order valence-corrected chi connectivity index (χ4v) is 6.03. The van der Waals surface area contributed by atoms with Gasteiger partial charge in [-0.25, -0.2) is 0 Å². The van der Waals surface area contributed by atoms with E-state index in [1.807, 2.05) is 0 Å². The average molecular weight is 825 g/mol. The molecule has 7 N–H and O–H groups in total. The first-order chi connectivity index (χ1) is 28.1. The molecular formula is C44H72O14. The molecule has 2 rings (SSSR count). The van der Waals surface area contributed by atoms with E-state index < -0.39 is 86.7 Å². The highest BCUT2D eigenvalue weighted by Gasteiger charge is 2.47. The van der Waals surface area contributed by atoms with Crippen LogP contribution in [0.3, 0.4) is 0 Å². The molecule has 0 aromatic rings. The number of aliphatic hydroxyl groups is 7. The number of ether oxygens (including phenoxy) is 6. The van der Waals surface area contributed by atoms with Crippen molar-refractivity contribution in [3.05, 3.63) is 72.9 Å². The highest BCUT2D eigenvalue weighted by atomic mass is 16.7. The molecule has 2 heterocycles. The molecule has 11 atom stereocenters. The summed E-state index contributed by atoms with van der Waals surface area (Å²) < 4.78 is 33.3. The van der Waals surface area contributed by atoms with Crippen LogP contribution in [0.15, 0.2) is 72.9 Å². The van der Waals surface area contributed by atoms with Crippen LogP contribution < -0.4 is 0 Å². The van der Waals surface area contributed by atoms with Gasteiger partial charge in [-0.3, -0.25) is 4.79 Å². The van der Waals surface area contributed by atoms with E-state index in [0.29, 0.717) is 6.61 Å². The Hall–Kier alpha value is -2.57. The quantitative estimate of drug-likeness (QED) is 0.0310. The maximum Gasteiger partial charge on any atom is 0.305 e. The Kier molecular flexibility index (Phi) is 28.7. The second-order valence-corrected chi connectivity index (χ2v) is 14.4. The van der Waals surface area contributed by atoms with Gasteiger partial charge < -0.3 is 64.2 Å². The Balaban J connectivity index is 1.59. The molecule has 0 aliphatic carbocycles. The van der Waals surface area contributed by atoms with Crippen LogP contribution in [0.5, 0.6) is 0 Å². The standard InChI is InChI=1S/C44H72O14/c1-3-5-6-7-8-9-10-11-12-13-14-15-16-17-18-19-20-21-22-23-24-25-26-27-28-53-30-33(56-36(46)4-2)31-54-43-42(52)40(50)38(48)35(58-43)32-55-44-41(51)39(49)37(47)34(29-45)57-44/h5-6,8-9,11-12,14-15,17-18,20-21,33-35,37-45,47-52H,3-4,7,10,13,16,19,22-32H2,1-2H3/b6-5-,9-8-,12-11-,15-14-,18-17-,21-20-. The van der Waals surface area contributed by atoms with Crippen molar-refractivity contribution in [2.24, 2.45) is 0 Å². The van der Waals surface area contributed by atoms with Gasteiger partial charge in [0.05, 0.1) is 26.4 Å². The molecule has 0 spiro atoms. The van der Waals surface area contributed by atoms with E-state index in [-0.39, 0.29) is 19.6 Å². The molecule has 0 bridgehead atoms. The lowest BCUT2D eigenvalue weighted by Gasteiger charge is -2.42. The minimum Gasteiger partial charge on any atom is -0.457 e. The zero-order valence-electron chi connectivity index (χ0n) is 34.5. The fourth-order valence-electron chi connectivity index (χ4n) is 6.03. The van der Waals surface area contributed by atoms with Crippen LogP contribution in [-0.2, 0) is 33.2 Å². The normalized spacial score (nSPS) is 29.0. The van der Waals surface area contributed by atoms with E-state index in [1.54, 1.807) is 6.92 Å². The summed E-state index contributed by atoms with van der Waals surface area (Å²) in [5, 5.41) is 71.1. The summed E-state index contributed by atoms with van der Waals surface area (Å²) in [6.45, 7) is 2.89. The van der Waals surface area contributed by atoms with Gasteiger partial charge in [0.2, 0.25) is 0 Å². The van der Waals surface area contributed by atoms with Crippen molar-refractivity contribution in [2.45, 2.75) is 165 Å². The molecule has 58 heavy (non-hydrogen) atoms. The first-order valence-corrected chi connectivity index (χ1v) is 21.0. The molecule has 14 nitrogen and oxygen atoms in total. The van der Waals surface area contributed by atoms with E-state index in [4.69, 9.17) is 28.4 Å². The highest BCUT2D eigenvalue weighted by Crippen LogP contribution is 2.26. The molecule has 2 aliphatic rings. The summed E-state index contributed by atoms with van der Waals surface area (Å²) in [7, 11) is 0. The van der Waals surface area contributed by atoms with Crippen molar-refractivity contribution < 1.29 is 69.0 Å². The largest absolute Gasteiger partial charge is 0.457 e. The van der Waals surface area contributed by atoms with E-state index in [0.717, 1.165) is 77.0 Å². The van der Waals surface area contributed by atoms with Crippen molar-refractivity contribution in [2.75, 3.05) is 33.0 Å². The summed E-state index contributed by atoms with van der Waals surface area (Å²) in [6, 6.07) is 0. The van der Waals surface area contributed by atoms with Crippen LogP contribution in [0, 0.1) is 0 Å². The molecule has 0 saturated carbocycles. The van der Waals surface area contributed by atoms with Gasteiger partial charge >= 0.3 is 5.97 Å². The third kappa shape index (κ3) is 21.1. The third-order valence-electron chi connectivity index (χ3n) is 9.53. The van der Waals surface area contributed by atoms with Crippen molar-refractivity contribution in [1.29, 1.82) is 0 Å². The zero-order valence-corrected chi connectivity index (χ0v) is 34.5. The number of esters is 1. The predicted octanol–water partition coefficient (Wildman–Crippen LogP) is 4.00. The molecule has 14 heteroatoms. The Bertz CT molecular complexity index is 1230. The van der Waals surface area contributed by atoms with Crippen LogP contribution >= 0.6 is 0 Å². The number of carbonyl (C=O) groups excluding carboxylic acids is 1. The Labute approximate surface area is 345 Å². The lowest BCUT2D eigenvalue weighted by molar-refractivity contribution is -0.332. The molecule has 2 aliphatic heterocycles. The van der Waals surface area contributed by atoms with Gasteiger partial charge in [-0.05, 0) is 57.8 Å². The number of aliphatic hydroxyl groups excluding tert-OH is 7. The van der Waals surface area contributed by atoms with Crippen molar-refractivity contribution in [3.63, 3.8) is 0 Å². The number of unbranched alkanes of at least 4 members (excludes halogenated alkanes) is 5. The van der Waals surface area contributed by atoms with E-state index in [2.05, 4.69) is 79.8 Å². The summed E-state index contributed by atoms with van der Waals surface area (Å²) in [5.41, 5.74) is 0. The molecule has 0 aromatic heterocycles. The van der Waals surface area contributed by atoms with Gasteiger partial charge in [0, 0.05) is 13.0 Å². The molecule has 0 amide bonds. The Morgan fingerprint density at radius 3 is 1.60 bits per heavy atom. The lowest BCUT2D eigenvalue weighted by atomic mass is 9.98. The summed E-state index contributed by atoms with van der Waals surface area (Å²) in [6.07, 6.45) is 22.4.